The molecule has 5 rings (SSSR count). The van der Waals surface area contributed by atoms with Gasteiger partial charge in [-0.3, -0.25) is 23.7 Å². The van der Waals surface area contributed by atoms with Crippen LogP contribution in [-0.4, -0.2) is 31.8 Å². The van der Waals surface area contributed by atoms with Gasteiger partial charge in [0, 0.05) is 6.61 Å². The molecule has 1 aliphatic heterocycles. The maximum Gasteiger partial charge on any atom is 0.330 e. The number of aromatic nitrogens is 4. The van der Waals surface area contributed by atoms with Crippen LogP contribution in [0.4, 0.5) is 0 Å². The Morgan fingerprint density at radius 3 is 2.29 bits per heavy atom. The lowest BCUT2D eigenvalue weighted by atomic mass is 10.1. The molecule has 0 spiro atoms. The van der Waals surface area contributed by atoms with Gasteiger partial charge in [0.15, 0.2) is 11.2 Å². The summed E-state index contributed by atoms with van der Waals surface area (Å²) in [5, 5.41) is 0. The highest BCUT2D eigenvalue weighted by Gasteiger charge is 2.23. The molecular formula is C26H26N4O4. The van der Waals surface area contributed by atoms with E-state index >= 15 is 0 Å². The molecule has 4 aromatic rings. The Morgan fingerprint density at radius 1 is 0.912 bits per heavy atom. The number of nitrogens with zero attached hydrogens (tertiary/aromatic N) is 3. The van der Waals surface area contributed by atoms with Gasteiger partial charge in [0.1, 0.15) is 5.69 Å². The number of ether oxygens (including phenoxy) is 1. The third kappa shape index (κ3) is 4.49. The zero-order valence-corrected chi connectivity index (χ0v) is 18.8. The fourth-order valence-corrected chi connectivity index (χ4v) is 4.49. The van der Waals surface area contributed by atoms with Gasteiger partial charge in [-0.05, 0) is 36.8 Å². The van der Waals surface area contributed by atoms with E-state index in [-0.39, 0.29) is 35.9 Å². The Hall–Kier alpha value is -3.78. The van der Waals surface area contributed by atoms with Crippen LogP contribution >= 0.6 is 0 Å². The van der Waals surface area contributed by atoms with E-state index in [1.807, 2.05) is 60.7 Å². The SMILES string of the molecule is O=c1[nH]c(=O)n(Cc2ccccc2)c2nc(CCc3ccccc3)c(=O)n(C[C@@H]3CCCO3)c12. The summed E-state index contributed by atoms with van der Waals surface area (Å²) in [5.74, 6) is 0. The molecule has 8 nitrogen and oxygen atoms in total. The summed E-state index contributed by atoms with van der Waals surface area (Å²) in [6.07, 6.45) is 2.60. The van der Waals surface area contributed by atoms with Crippen molar-refractivity contribution in [2.45, 2.75) is 44.9 Å². The number of rotatable bonds is 7. The molecule has 0 aliphatic carbocycles. The predicted molar refractivity (Wildman–Crippen MR) is 129 cm³/mol. The quantitative estimate of drug-likeness (QED) is 0.458. The molecule has 0 unspecified atom stereocenters. The molecule has 2 aromatic heterocycles. The van der Waals surface area contributed by atoms with Crippen LogP contribution in [0.15, 0.2) is 75.0 Å². The minimum atomic E-state index is -0.610. The molecule has 0 radical (unpaired) electrons. The second-order valence-electron chi connectivity index (χ2n) is 8.60. The number of H-pyrrole nitrogens is 1. The summed E-state index contributed by atoms with van der Waals surface area (Å²) in [4.78, 5) is 46.3. The second kappa shape index (κ2) is 9.61. The Bertz CT molecular complexity index is 1470. The second-order valence-corrected chi connectivity index (χ2v) is 8.60. The summed E-state index contributed by atoms with van der Waals surface area (Å²) in [6.45, 7) is 1.12. The van der Waals surface area contributed by atoms with E-state index in [9.17, 15) is 14.4 Å². The number of nitrogens with one attached hydrogen (secondary N) is 1. The van der Waals surface area contributed by atoms with E-state index in [4.69, 9.17) is 4.74 Å². The Balaban J connectivity index is 1.67. The molecule has 3 heterocycles. The average Bonchev–Trinajstić information content (AvgIpc) is 3.37. The van der Waals surface area contributed by atoms with Crippen LogP contribution in [0.3, 0.4) is 0 Å². The van der Waals surface area contributed by atoms with Gasteiger partial charge < -0.3 is 4.74 Å². The predicted octanol–water partition coefficient (Wildman–Crippen LogP) is 2.26. The largest absolute Gasteiger partial charge is 0.376 e. The normalized spacial score (nSPS) is 15.7. The van der Waals surface area contributed by atoms with Crippen molar-refractivity contribution in [2.75, 3.05) is 6.61 Å². The third-order valence-corrected chi connectivity index (χ3v) is 6.24. The maximum absolute atomic E-state index is 13.5. The molecular weight excluding hydrogens is 432 g/mol. The lowest BCUT2D eigenvalue weighted by molar-refractivity contribution is 0.0970. The fourth-order valence-electron chi connectivity index (χ4n) is 4.49. The first-order chi connectivity index (χ1) is 16.6. The van der Waals surface area contributed by atoms with Gasteiger partial charge in [0.2, 0.25) is 0 Å². The smallest absolute Gasteiger partial charge is 0.330 e. The molecule has 1 atom stereocenters. The van der Waals surface area contributed by atoms with Crippen LogP contribution in [0.5, 0.6) is 0 Å². The Labute approximate surface area is 195 Å². The third-order valence-electron chi connectivity index (χ3n) is 6.24. The van der Waals surface area contributed by atoms with E-state index in [2.05, 4.69) is 9.97 Å². The molecule has 0 saturated carbocycles. The van der Waals surface area contributed by atoms with Crippen molar-refractivity contribution in [3.63, 3.8) is 0 Å². The molecule has 1 N–H and O–H groups in total. The molecule has 34 heavy (non-hydrogen) atoms. The maximum atomic E-state index is 13.5. The molecule has 1 saturated heterocycles. The van der Waals surface area contributed by atoms with E-state index < -0.39 is 11.2 Å². The average molecular weight is 459 g/mol. The minimum absolute atomic E-state index is 0.111. The van der Waals surface area contributed by atoms with Gasteiger partial charge in [0.25, 0.3) is 11.1 Å². The van der Waals surface area contributed by atoms with E-state index in [1.165, 1.54) is 9.13 Å². The van der Waals surface area contributed by atoms with Crippen LogP contribution in [0.2, 0.25) is 0 Å². The van der Waals surface area contributed by atoms with Crippen LogP contribution in [0.1, 0.15) is 29.7 Å². The number of benzene rings is 2. The first kappa shape index (κ1) is 22.0. The molecule has 0 bridgehead atoms. The Kier molecular flexibility index (Phi) is 6.22. The monoisotopic (exact) mass is 458 g/mol. The zero-order chi connectivity index (χ0) is 23.5. The van der Waals surface area contributed by atoms with E-state index in [1.54, 1.807) is 0 Å². The highest BCUT2D eigenvalue weighted by atomic mass is 16.5. The Morgan fingerprint density at radius 2 is 1.62 bits per heavy atom. The number of hydrogen-bond donors (Lipinski definition) is 1. The zero-order valence-electron chi connectivity index (χ0n) is 18.8. The highest BCUT2D eigenvalue weighted by molar-refractivity contribution is 5.69. The van der Waals surface area contributed by atoms with Gasteiger partial charge in [0.05, 0.1) is 19.2 Å². The van der Waals surface area contributed by atoms with Crippen LogP contribution in [0, 0.1) is 0 Å². The van der Waals surface area contributed by atoms with Crippen molar-refractivity contribution in [1.82, 2.24) is 19.1 Å². The number of hydrogen-bond acceptors (Lipinski definition) is 5. The number of aryl methyl sites for hydroxylation is 2. The van der Waals surface area contributed by atoms with Crippen LogP contribution in [0.25, 0.3) is 11.2 Å². The summed E-state index contributed by atoms with van der Waals surface area (Å²) in [7, 11) is 0. The van der Waals surface area contributed by atoms with Crippen molar-refractivity contribution in [3.05, 3.63) is 109 Å². The molecule has 8 heteroatoms. The van der Waals surface area contributed by atoms with E-state index in [0.29, 0.717) is 25.1 Å². The lowest BCUT2D eigenvalue weighted by Crippen LogP contribution is -2.39. The standard InChI is InChI=1S/C26H26N4O4/c31-24-22-23(30(26(33)28-24)16-19-10-5-2-6-11-19)27-21(14-13-18-8-3-1-4-9-18)25(32)29(22)17-20-12-7-15-34-20/h1-6,8-11,20H,7,12-17H2,(H,28,31,33)/t20-/m0/s1. The minimum Gasteiger partial charge on any atom is -0.376 e. The van der Waals surface area contributed by atoms with Crippen LogP contribution < -0.4 is 16.8 Å². The molecule has 174 valence electrons. The van der Waals surface area contributed by atoms with Gasteiger partial charge in [-0.15, -0.1) is 0 Å². The van der Waals surface area contributed by atoms with Gasteiger partial charge >= 0.3 is 5.69 Å². The van der Waals surface area contributed by atoms with Crippen molar-refractivity contribution in [1.29, 1.82) is 0 Å². The summed E-state index contributed by atoms with van der Waals surface area (Å²) in [5.41, 5.74) is 1.17. The molecule has 1 fully saturated rings. The van der Waals surface area contributed by atoms with Gasteiger partial charge in [-0.1, -0.05) is 60.7 Å². The van der Waals surface area contributed by atoms with Crippen molar-refractivity contribution < 1.29 is 4.74 Å². The van der Waals surface area contributed by atoms with Crippen molar-refractivity contribution in [3.8, 4) is 0 Å². The molecule has 2 aromatic carbocycles. The molecule has 0 amide bonds. The van der Waals surface area contributed by atoms with Crippen LogP contribution in [-0.2, 0) is 30.7 Å². The number of fused-ring (bicyclic) bond motifs is 1. The first-order valence-corrected chi connectivity index (χ1v) is 11.6. The summed E-state index contributed by atoms with van der Waals surface area (Å²) < 4.78 is 8.65. The van der Waals surface area contributed by atoms with Crippen molar-refractivity contribution in [2.24, 2.45) is 0 Å². The van der Waals surface area contributed by atoms with E-state index in [0.717, 1.165) is 24.0 Å². The number of aromatic amines is 1. The summed E-state index contributed by atoms with van der Waals surface area (Å²) >= 11 is 0. The van der Waals surface area contributed by atoms with Crippen molar-refractivity contribution >= 4 is 11.2 Å². The highest BCUT2D eigenvalue weighted by Crippen LogP contribution is 2.16. The molecule has 1 aliphatic rings. The lowest BCUT2D eigenvalue weighted by Gasteiger charge is -2.17. The van der Waals surface area contributed by atoms with Gasteiger partial charge in [-0.2, -0.15) is 0 Å². The summed E-state index contributed by atoms with van der Waals surface area (Å²) in [6, 6.07) is 19.3. The van der Waals surface area contributed by atoms with Gasteiger partial charge in [-0.25, -0.2) is 9.78 Å². The first-order valence-electron chi connectivity index (χ1n) is 11.6. The topological polar surface area (TPSA) is 99.0 Å². The fraction of sp³-hybridized carbons (Fsp3) is 0.308.